The van der Waals surface area contributed by atoms with Gasteiger partial charge in [0.2, 0.25) is 0 Å². The molecule has 5 heteroatoms. The Kier molecular flexibility index (Phi) is 2.32. The van der Waals surface area contributed by atoms with Gasteiger partial charge < -0.3 is 9.84 Å². The van der Waals surface area contributed by atoms with Crippen LogP contribution in [0.1, 0.15) is 16.1 Å². The molecule has 0 radical (unpaired) electrons. The zero-order valence-corrected chi connectivity index (χ0v) is 7.99. The first kappa shape index (κ1) is 8.99. The van der Waals surface area contributed by atoms with Gasteiger partial charge in [-0.05, 0) is 6.92 Å². The maximum atomic E-state index is 11.1. The summed E-state index contributed by atoms with van der Waals surface area (Å²) in [7, 11) is 3.09. The summed E-state index contributed by atoms with van der Waals surface area (Å²) in [5, 5.41) is 2.90. The van der Waals surface area contributed by atoms with Gasteiger partial charge in [0.1, 0.15) is 10.2 Å². The van der Waals surface area contributed by atoms with E-state index in [4.69, 9.17) is 12.2 Å². The number of methoxy groups -OCH3 is 1. The lowest BCUT2D eigenvalue weighted by molar-refractivity contribution is 0.0599. The van der Waals surface area contributed by atoms with Crippen molar-refractivity contribution < 1.29 is 9.53 Å². The van der Waals surface area contributed by atoms with Crippen LogP contribution in [0.3, 0.4) is 0 Å². The van der Waals surface area contributed by atoms with Crippen LogP contribution in [0.25, 0.3) is 0 Å². The number of carbonyl (C=O) groups excluding carboxylic acids is 1. The molecule has 0 aliphatic heterocycles. The number of aryl methyl sites for hydroxylation is 2. The second-order valence-electron chi connectivity index (χ2n) is 2.47. The number of aromatic amines is 1. The van der Waals surface area contributed by atoms with Gasteiger partial charge in [0, 0.05) is 12.7 Å². The molecule has 0 saturated heterocycles. The van der Waals surface area contributed by atoms with E-state index in [0.29, 0.717) is 10.2 Å². The zero-order valence-electron chi connectivity index (χ0n) is 7.17. The Bertz CT molecular complexity index is 364. The first-order chi connectivity index (χ1) is 5.57. The number of ether oxygens (including phenoxy) is 1. The van der Waals surface area contributed by atoms with Crippen molar-refractivity contribution in [3.8, 4) is 0 Å². The van der Waals surface area contributed by atoms with Crippen LogP contribution in [0, 0.1) is 11.6 Å². The third kappa shape index (κ3) is 1.27. The minimum Gasteiger partial charge on any atom is -0.465 e. The lowest BCUT2D eigenvalue weighted by atomic mass is 10.3. The van der Waals surface area contributed by atoms with Crippen LogP contribution in [0.5, 0.6) is 0 Å². The predicted molar refractivity (Wildman–Crippen MR) is 46.7 cm³/mol. The number of hydrogen-bond acceptors (Lipinski definition) is 3. The van der Waals surface area contributed by atoms with Crippen LogP contribution < -0.4 is 0 Å². The van der Waals surface area contributed by atoms with E-state index in [1.165, 1.54) is 7.11 Å². The van der Waals surface area contributed by atoms with E-state index in [1.807, 2.05) is 0 Å². The summed E-state index contributed by atoms with van der Waals surface area (Å²) in [6, 6.07) is 0. The molecule has 0 amide bonds. The van der Waals surface area contributed by atoms with E-state index >= 15 is 0 Å². The van der Waals surface area contributed by atoms with Gasteiger partial charge in [0.25, 0.3) is 0 Å². The van der Waals surface area contributed by atoms with Crippen molar-refractivity contribution in [1.82, 2.24) is 9.78 Å². The number of esters is 1. The molecule has 0 aromatic carbocycles. The number of aromatic nitrogens is 2. The van der Waals surface area contributed by atoms with Crippen molar-refractivity contribution in [3.63, 3.8) is 0 Å². The second-order valence-corrected chi connectivity index (χ2v) is 2.85. The molecule has 0 bridgehead atoms. The number of hydrogen-bond donors (Lipinski definition) is 1. The van der Waals surface area contributed by atoms with E-state index in [9.17, 15) is 4.79 Å². The quantitative estimate of drug-likeness (QED) is 0.529. The summed E-state index contributed by atoms with van der Waals surface area (Å²) in [6.45, 7) is 1.78. The molecule has 12 heavy (non-hydrogen) atoms. The summed E-state index contributed by atoms with van der Waals surface area (Å²) in [6.07, 6.45) is 0. The van der Waals surface area contributed by atoms with Crippen molar-refractivity contribution >= 4 is 18.2 Å². The van der Waals surface area contributed by atoms with Crippen LogP contribution in [0.2, 0.25) is 0 Å². The largest absolute Gasteiger partial charge is 0.465 e. The summed E-state index contributed by atoms with van der Waals surface area (Å²) >= 11 is 4.99. The van der Waals surface area contributed by atoms with E-state index in [-0.39, 0.29) is 0 Å². The molecule has 66 valence electrons. The molecule has 0 saturated carbocycles. The maximum Gasteiger partial charge on any atom is 0.342 e. The molecular weight excluding hydrogens is 176 g/mol. The zero-order chi connectivity index (χ0) is 9.30. The van der Waals surface area contributed by atoms with Gasteiger partial charge >= 0.3 is 5.97 Å². The molecule has 1 heterocycles. The van der Waals surface area contributed by atoms with Crippen LogP contribution in [-0.4, -0.2) is 22.9 Å². The monoisotopic (exact) mass is 186 g/mol. The number of rotatable bonds is 1. The Morgan fingerprint density at radius 1 is 1.67 bits per heavy atom. The Morgan fingerprint density at radius 3 is 2.58 bits per heavy atom. The van der Waals surface area contributed by atoms with E-state index in [0.717, 1.165) is 5.69 Å². The van der Waals surface area contributed by atoms with Crippen molar-refractivity contribution in [3.05, 3.63) is 15.9 Å². The SMILES string of the molecule is COC(=O)c1c(C)[nH]n(C)c1=S. The van der Waals surface area contributed by atoms with Crippen LogP contribution in [0.4, 0.5) is 0 Å². The first-order valence-electron chi connectivity index (χ1n) is 3.42. The maximum absolute atomic E-state index is 11.1. The fourth-order valence-corrected chi connectivity index (χ4v) is 1.31. The van der Waals surface area contributed by atoms with Gasteiger partial charge in [-0.2, -0.15) is 0 Å². The lowest BCUT2D eigenvalue weighted by Crippen LogP contribution is -2.02. The minimum absolute atomic E-state index is 0.394. The van der Waals surface area contributed by atoms with Crippen LogP contribution >= 0.6 is 12.2 Å². The lowest BCUT2D eigenvalue weighted by Gasteiger charge is -1.94. The highest BCUT2D eigenvalue weighted by atomic mass is 32.1. The molecule has 0 unspecified atom stereocenters. The number of carbonyl (C=O) groups is 1. The molecule has 0 aliphatic rings. The van der Waals surface area contributed by atoms with Gasteiger partial charge in [0.15, 0.2) is 0 Å². The number of nitrogens with one attached hydrogen (secondary N) is 1. The molecule has 0 fully saturated rings. The average molecular weight is 186 g/mol. The average Bonchev–Trinajstić information content (AvgIpc) is 2.26. The third-order valence-corrected chi connectivity index (χ3v) is 2.10. The first-order valence-corrected chi connectivity index (χ1v) is 3.82. The molecular formula is C7H10N2O2S. The van der Waals surface area contributed by atoms with Crippen molar-refractivity contribution in [2.45, 2.75) is 6.92 Å². The molecule has 1 aromatic rings. The van der Waals surface area contributed by atoms with Gasteiger partial charge in [-0.1, -0.05) is 12.2 Å². The molecule has 0 aliphatic carbocycles. The van der Waals surface area contributed by atoms with Gasteiger partial charge in [0.05, 0.1) is 7.11 Å². The van der Waals surface area contributed by atoms with Crippen LogP contribution in [-0.2, 0) is 11.8 Å². The summed E-state index contributed by atoms with van der Waals surface area (Å²) < 4.78 is 6.65. The smallest absolute Gasteiger partial charge is 0.342 e. The topological polar surface area (TPSA) is 47.0 Å². The van der Waals surface area contributed by atoms with E-state index < -0.39 is 5.97 Å². The van der Waals surface area contributed by atoms with Crippen molar-refractivity contribution in [1.29, 1.82) is 0 Å². The summed E-state index contributed by atoms with van der Waals surface area (Å²) in [5.41, 5.74) is 1.17. The summed E-state index contributed by atoms with van der Waals surface area (Å²) in [4.78, 5) is 11.1. The van der Waals surface area contributed by atoms with Gasteiger partial charge in [-0.3, -0.25) is 4.68 Å². The predicted octanol–water partition coefficient (Wildman–Crippen LogP) is 1.18. The molecule has 4 nitrogen and oxygen atoms in total. The summed E-state index contributed by atoms with van der Waals surface area (Å²) in [5.74, 6) is -0.394. The Labute approximate surface area is 75.1 Å². The molecule has 0 spiro atoms. The van der Waals surface area contributed by atoms with E-state index in [1.54, 1.807) is 18.7 Å². The number of H-pyrrole nitrogens is 1. The highest BCUT2D eigenvalue weighted by Gasteiger charge is 2.14. The minimum atomic E-state index is -0.394. The Balaban J connectivity index is 3.32. The molecule has 1 rings (SSSR count). The highest BCUT2D eigenvalue weighted by Crippen LogP contribution is 2.08. The van der Waals surface area contributed by atoms with Crippen molar-refractivity contribution in [2.75, 3.05) is 7.11 Å². The van der Waals surface area contributed by atoms with Gasteiger partial charge in [-0.15, -0.1) is 0 Å². The molecule has 1 aromatic heterocycles. The highest BCUT2D eigenvalue weighted by molar-refractivity contribution is 7.71. The fraction of sp³-hybridized carbons (Fsp3) is 0.429. The van der Waals surface area contributed by atoms with Crippen molar-refractivity contribution in [2.24, 2.45) is 7.05 Å². The number of nitrogens with zero attached hydrogens (tertiary/aromatic N) is 1. The standard InChI is InChI=1S/C7H10N2O2S/c1-4-5(7(10)11-3)6(12)9(2)8-4/h8H,1-3H3. The van der Waals surface area contributed by atoms with E-state index in [2.05, 4.69) is 9.84 Å². The normalized spacial score (nSPS) is 9.92. The Morgan fingerprint density at radius 2 is 2.25 bits per heavy atom. The molecule has 1 N–H and O–H groups in total. The third-order valence-electron chi connectivity index (χ3n) is 1.62. The molecule has 0 atom stereocenters. The van der Waals surface area contributed by atoms with Crippen LogP contribution in [0.15, 0.2) is 0 Å². The van der Waals surface area contributed by atoms with Gasteiger partial charge in [-0.25, -0.2) is 4.79 Å². The fourth-order valence-electron chi connectivity index (χ4n) is 1.03. The second kappa shape index (κ2) is 3.10. The Hall–Kier alpha value is -1.10.